The highest BCUT2D eigenvalue weighted by Gasteiger charge is 2.41. The van der Waals surface area contributed by atoms with Crippen molar-refractivity contribution in [3.05, 3.63) is 28.6 Å². The lowest BCUT2D eigenvalue weighted by molar-refractivity contribution is -0.237. The van der Waals surface area contributed by atoms with Crippen molar-refractivity contribution in [1.82, 2.24) is 4.90 Å². The number of amides is 2. The fraction of sp³-hybridized carbons (Fsp3) is 0.522. The molecule has 1 aromatic heterocycles. The second-order valence-electron chi connectivity index (χ2n) is 8.88. The SMILES string of the molecule is CC(C)[C@@H](C(N)=O)N(C)C(=O)OCc1ccc(O[C@@H]2O[C@H](C(=O)O)C[C@H](O)[C@H]2O)c2cc(CN)sc12. The molecule has 13 heteroatoms. The second kappa shape index (κ2) is 11.4. The highest BCUT2D eigenvalue weighted by Crippen LogP contribution is 2.37. The third-order valence-electron chi connectivity index (χ3n) is 5.90. The fourth-order valence-corrected chi connectivity index (χ4v) is 5.11. The van der Waals surface area contributed by atoms with Crippen molar-refractivity contribution in [3.8, 4) is 5.75 Å². The Morgan fingerprint density at radius 1 is 1.28 bits per heavy atom. The van der Waals surface area contributed by atoms with Gasteiger partial charge in [0.1, 0.15) is 24.5 Å². The van der Waals surface area contributed by atoms with E-state index in [2.05, 4.69) is 0 Å². The number of likely N-dealkylation sites (N-methyl/N-ethyl adjacent to an activating group) is 1. The van der Waals surface area contributed by atoms with Crippen molar-refractivity contribution in [3.63, 3.8) is 0 Å². The highest BCUT2D eigenvalue weighted by atomic mass is 32.1. The van der Waals surface area contributed by atoms with Crippen LogP contribution in [0.2, 0.25) is 0 Å². The molecule has 5 atom stereocenters. The molecule has 2 heterocycles. The van der Waals surface area contributed by atoms with Gasteiger partial charge in [-0.1, -0.05) is 19.9 Å². The third kappa shape index (κ3) is 5.87. The minimum absolute atomic E-state index is 0.115. The van der Waals surface area contributed by atoms with Crippen LogP contribution in [0.5, 0.6) is 5.75 Å². The summed E-state index contributed by atoms with van der Waals surface area (Å²) in [6.07, 6.45) is -6.54. The normalized spacial score (nSPS) is 22.9. The van der Waals surface area contributed by atoms with Gasteiger partial charge in [0, 0.05) is 40.5 Å². The van der Waals surface area contributed by atoms with Gasteiger partial charge in [-0.2, -0.15) is 0 Å². The molecule has 3 rings (SSSR count). The monoisotopic (exact) mass is 525 g/mol. The van der Waals surface area contributed by atoms with Gasteiger partial charge in [0.25, 0.3) is 0 Å². The largest absolute Gasteiger partial charge is 0.479 e. The number of fused-ring (bicyclic) bond motifs is 1. The van der Waals surface area contributed by atoms with Gasteiger partial charge < -0.3 is 41.0 Å². The minimum atomic E-state index is -1.46. The molecular formula is C23H31N3O9S. The van der Waals surface area contributed by atoms with E-state index in [-0.39, 0.29) is 31.2 Å². The van der Waals surface area contributed by atoms with E-state index in [1.807, 2.05) is 0 Å². The summed E-state index contributed by atoms with van der Waals surface area (Å²) in [5, 5.41) is 30.2. The van der Waals surface area contributed by atoms with Crippen molar-refractivity contribution < 1.29 is 43.9 Å². The number of primary amides is 1. The van der Waals surface area contributed by atoms with Gasteiger partial charge in [0.2, 0.25) is 12.2 Å². The zero-order valence-electron chi connectivity index (χ0n) is 20.1. The molecule has 0 unspecified atom stereocenters. The number of nitrogens with two attached hydrogens (primary N) is 2. The molecule has 0 aliphatic carbocycles. The van der Waals surface area contributed by atoms with E-state index in [1.54, 1.807) is 32.0 Å². The zero-order valence-corrected chi connectivity index (χ0v) is 20.9. The summed E-state index contributed by atoms with van der Waals surface area (Å²) >= 11 is 1.35. The number of hydrogen-bond donors (Lipinski definition) is 5. The number of carbonyl (C=O) groups excluding carboxylic acids is 2. The Morgan fingerprint density at radius 3 is 2.56 bits per heavy atom. The number of hydrogen-bond acceptors (Lipinski definition) is 10. The van der Waals surface area contributed by atoms with E-state index in [9.17, 15) is 29.7 Å². The lowest BCUT2D eigenvalue weighted by Crippen LogP contribution is -2.52. The minimum Gasteiger partial charge on any atom is -0.479 e. The number of aliphatic hydroxyl groups is 2. The average Bonchev–Trinajstić information content (AvgIpc) is 3.25. The van der Waals surface area contributed by atoms with E-state index in [0.29, 0.717) is 15.6 Å². The van der Waals surface area contributed by atoms with Crippen LogP contribution in [0.4, 0.5) is 4.79 Å². The number of aliphatic hydroxyl groups excluding tert-OH is 2. The van der Waals surface area contributed by atoms with Crippen LogP contribution < -0.4 is 16.2 Å². The summed E-state index contributed by atoms with van der Waals surface area (Å²) in [6, 6.07) is 4.16. The Hall–Kier alpha value is -2.97. The summed E-state index contributed by atoms with van der Waals surface area (Å²) in [4.78, 5) is 37.6. The molecule has 12 nitrogen and oxygen atoms in total. The van der Waals surface area contributed by atoms with Crippen LogP contribution in [0, 0.1) is 5.92 Å². The van der Waals surface area contributed by atoms with E-state index in [0.717, 1.165) is 9.78 Å². The van der Waals surface area contributed by atoms with E-state index < -0.39 is 48.6 Å². The maximum absolute atomic E-state index is 12.6. The van der Waals surface area contributed by atoms with Gasteiger partial charge in [-0.25, -0.2) is 9.59 Å². The summed E-state index contributed by atoms with van der Waals surface area (Å²) < 4.78 is 17.3. The molecule has 2 aromatic rings. The van der Waals surface area contributed by atoms with Crippen LogP contribution in [-0.2, 0) is 32.2 Å². The van der Waals surface area contributed by atoms with Gasteiger partial charge in [-0.3, -0.25) is 9.69 Å². The van der Waals surface area contributed by atoms with Gasteiger partial charge >= 0.3 is 12.1 Å². The standard InChI is InChI=1S/C23H31N3O9S/c1-10(2)17(20(25)29)26(3)23(32)33-9-11-4-5-15(13-6-12(8-24)36-19(11)13)34-22-18(28)14(27)7-16(35-22)21(30)31/h4-6,10,14,16-18,22,27-28H,7-9,24H2,1-3H3,(H2,25,29)(H,30,31)/t14-,16-,17-,18+,22+/m0/s1. The number of carboxylic acids is 1. The predicted octanol–water partition coefficient (Wildman–Crippen LogP) is 0.739. The van der Waals surface area contributed by atoms with Gasteiger partial charge in [-0.15, -0.1) is 11.3 Å². The van der Waals surface area contributed by atoms with Crippen molar-refractivity contribution in [1.29, 1.82) is 0 Å². The number of carboxylic acid groups (broad SMARTS) is 1. The number of carbonyl (C=O) groups is 3. The molecule has 1 aliphatic rings. The van der Waals surface area contributed by atoms with E-state index >= 15 is 0 Å². The molecular weight excluding hydrogens is 494 g/mol. The highest BCUT2D eigenvalue weighted by molar-refractivity contribution is 7.19. The topological polar surface area (TPSA) is 195 Å². The molecule has 1 aliphatic heterocycles. The first-order valence-electron chi connectivity index (χ1n) is 11.3. The number of ether oxygens (including phenoxy) is 3. The number of thiophene rings is 1. The smallest absolute Gasteiger partial charge is 0.410 e. The molecule has 1 aromatic carbocycles. The number of benzene rings is 1. The van der Waals surface area contributed by atoms with E-state index in [1.165, 1.54) is 18.4 Å². The Labute approximate surface area is 211 Å². The van der Waals surface area contributed by atoms with Crippen LogP contribution in [0.1, 0.15) is 30.7 Å². The maximum Gasteiger partial charge on any atom is 0.410 e. The quantitative estimate of drug-likeness (QED) is 0.311. The molecule has 1 saturated heterocycles. The van der Waals surface area contributed by atoms with Crippen molar-refractivity contribution in [2.45, 2.75) is 64.1 Å². The van der Waals surface area contributed by atoms with Crippen LogP contribution in [-0.4, -0.2) is 75.9 Å². The predicted molar refractivity (Wildman–Crippen MR) is 129 cm³/mol. The summed E-state index contributed by atoms with van der Waals surface area (Å²) in [7, 11) is 1.44. The molecule has 0 spiro atoms. The van der Waals surface area contributed by atoms with Gasteiger partial charge in [0.15, 0.2) is 6.10 Å². The average molecular weight is 526 g/mol. The first-order chi connectivity index (χ1) is 16.9. The number of nitrogens with zero attached hydrogens (tertiary/aromatic N) is 1. The Morgan fingerprint density at radius 2 is 1.97 bits per heavy atom. The van der Waals surface area contributed by atoms with E-state index in [4.69, 9.17) is 25.7 Å². The van der Waals surface area contributed by atoms with Crippen LogP contribution in [0.15, 0.2) is 18.2 Å². The molecule has 0 bridgehead atoms. The van der Waals surface area contributed by atoms with Crippen LogP contribution in [0.3, 0.4) is 0 Å². The van der Waals surface area contributed by atoms with Crippen LogP contribution in [0.25, 0.3) is 10.1 Å². The van der Waals surface area contributed by atoms with Gasteiger partial charge in [-0.05, 0) is 18.1 Å². The zero-order chi connectivity index (χ0) is 26.7. The third-order valence-corrected chi connectivity index (χ3v) is 7.14. The summed E-state index contributed by atoms with van der Waals surface area (Å²) in [6.45, 7) is 3.66. The summed E-state index contributed by atoms with van der Waals surface area (Å²) in [5.74, 6) is -1.85. The first kappa shape index (κ1) is 27.6. The lowest BCUT2D eigenvalue weighted by atomic mass is 10.0. The molecule has 0 saturated carbocycles. The van der Waals surface area contributed by atoms with Crippen LogP contribution >= 0.6 is 11.3 Å². The Balaban J connectivity index is 1.83. The van der Waals surface area contributed by atoms with Gasteiger partial charge in [0.05, 0.1) is 6.10 Å². The Bertz CT molecular complexity index is 1120. The van der Waals surface area contributed by atoms with Crippen molar-refractivity contribution >= 4 is 39.4 Å². The summed E-state index contributed by atoms with van der Waals surface area (Å²) in [5.41, 5.74) is 11.9. The number of aliphatic carboxylic acids is 1. The first-order valence-corrected chi connectivity index (χ1v) is 12.1. The molecule has 198 valence electrons. The molecule has 36 heavy (non-hydrogen) atoms. The number of rotatable bonds is 9. The maximum atomic E-state index is 12.6. The fourth-order valence-electron chi connectivity index (χ4n) is 4.06. The van der Waals surface area contributed by atoms with Crippen molar-refractivity contribution in [2.75, 3.05) is 7.05 Å². The Kier molecular flexibility index (Phi) is 8.74. The second-order valence-corrected chi connectivity index (χ2v) is 10.0. The lowest BCUT2D eigenvalue weighted by Gasteiger charge is -2.35. The molecule has 0 radical (unpaired) electrons. The molecule has 2 amide bonds. The van der Waals surface area contributed by atoms with Crippen molar-refractivity contribution in [2.24, 2.45) is 17.4 Å². The molecule has 7 N–H and O–H groups in total. The molecule has 1 fully saturated rings.